The molecule has 2 amide bonds. The summed E-state index contributed by atoms with van der Waals surface area (Å²) in [7, 11) is 0. The SMILES string of the molecule is CC(C)(CCC(=O)N1CCC[C@@H]1C(=O)N1CCOCC1)c1ccccc1. The minimum Gasteiger partial charge on any atom is -0.378 e. The van der Waals surface area contributed by atoms with E-state index in [9.17, 15) is 9.59 Å². The Morgan fingerprint density at radius 3 is 2.50 bits per heavy atom. The van der Waals surface area contributed by atoms with E-state index in [2.05, 4.69) is 26.0 Å². The lowest BCUT2D eigenvalue weighted by molar-refractivity contribution is -0.146. The molecule has 0 radical (unpaired) electrons. The molecule has 142 valence electrons. The lowest BCUT2D eigenvalue weighted by atomic mass is 9.80. The molecular weight excluding hydrogens is 328 g/mol. The van der Waals surface area contributed by atoms with Gasteiger partial charge in [0.1, 0.15) is 6.04 Å². The van der Waals surface area contributed by atoms with Gasteiger partial charge in [0, 0.05) is 26.1 Å². The molecule has 0 aliphatic carbocycles. The monoisotopic (exact) mass is 358 g/mol. The topological polar surface area (TPSA) is 49.9 Å². The quantitative estimate of drug-likeness (QED) is 0.813. The van der Waals surface area contributed by atoms with Crippen molar-refractivity contribution in [1.82, 2.24) is 9.80 Å². The summed E-state index contributed by atoms with van der Waals surface area (Å²) in [5, 5.41) is 0. The Morgan fingerprint density at radius 1 is 1.12 bits per heavy atom. The average molecular weight is 358 g/mol. The molecule has 1 aromatic rings. The molecule has 5 nitrogen and oxygen atoms in total. The first-order chi connectivity index (χ1) is 12.5. The molecule has 2 aliphatic heterocycles. The predicted molar refractivity (Wildman–Crippen MR) is 101 cm³/mol. The second-order valence-corrected chi connectivity index (χ2v) is 7.93. The number of carbonyl (C=O) groups excluding carboxylic acids is 2. The number of likely N-dealkylation sites (tertiary alicyclic amines) is 1. The highest BCUT2D eigenvalue weighted by Crippen LogP contribution is 2.29. The molecule has 1 aromatic carbocycles. The molecule has 1 atom stereocenters. The van der Waals surface area contributed by atoms with Crippen LogP contribution in [0.2, 0.25) is 0 Å². The van der Waals surface area contributed by atoms with Crippen molar-refractivity contribution in [1.29, 1.82) is 0 Å². The first kappa shape index (κ1) is 18.9. The Bertz CT molecular complexity index is 623. The van der Waals surface area contributed by atoms with Gasteiger partial charge in [-0.05, 0) is 30.2 Å². The van der Waals surface area contributed by atoms with Gasteiger partial charge in [-0.25, -0.2) is 0 Å². The zero-order chi connectivity index (χ0) is 18.6. The van der Waals surface area contributed by atoms with Crippen molar-refractivity contribution in [2.45, 2.75) is 51.0 Å². The zero-order valence-corrected chi connectivity index (χ0v) is 15.9. The minimum absolute atomic E-state index is 0.0552. The summed E-state index contributed by atoms with van der Waals surface area (Å²) >= 11 is 0. The van der Waals surface area contributed by atoms with Crippen molar-refractivity contribution in [3.63, 3.8) is 0 Å². The molecular formula is C21H30N2O3. The number of hydrogen-bond acceptors (Lipinski definition) is 3. The van der Waals surface area contributed by atoms with Crippen molar-refractivity contribution < 1.29 is 14.3 Å². The van der Waals surface area contributed by atoms with Gasteiger partial charge in [-0.3, -0.25) is 9.59 Å². The molecule has 2 heterocycles. The lowest BCUT2D eigenvalue weighted by Gasteiger charge is -2.33. The lowest BCUT2D eigenvalue weighted by Crippen LogP contribution is -2.51. The van der Waals surface area contributed by atoms with Crippen molar-refractivity contribution in [2.24, 2.45) is 0 Å². The van der Waals surface area contributed by atoms with E-state index in [0.717, 1.165) is 19.3 Å². The zero-order valence-electron chi connectivity index (χ0n) is 15.9. The van der Waals surface area contributed by atoms with E-state index in [0.29, 0.717) is 39.3 Å². The van der Waals surface area contributed by atoms with Crippen LogP contribution in [0.15, 0.2) is 30.3 Å². The molecule has 0 aromatic heterocycles. The first-order valence-corrected chi connectivity index (χ1v) is 9.70. The number of hydrogen-bond donors (Lipinski definition) is 0. The van der Waals surface area contributed by atoms with E-state index >= 15 is 0 Å². The third kappa shape index (κ3) is 4.26. The smallest absolute Gasteiger partial charge is 0.245 e. The number of rotatable bonds is 5. The second-order valence-electron chi connectivity index (χ2n) is 7.93. The van der Waals surface area contributed by atoms with Crippen LogP contribution in [0.1, 0.15) is 45.1 Å². The number of nitrogens with zero attached hydrogens (tertiary/aromatic N) is 2. The molecule has 26 heavy (non-hydrogen) atoms. The highest BCUT2D eigenvalue weighted by atomic mass is 16.5. The molecule has 3 rings (SSSR count). The van der Waals surface area contributed by atoms with Crippen molar-refractivity contribution in [3.05, 3.63) is 35.9 Å². The third-order valence-corrected chi connectivity index (χ3v) is 5.70. The van der Waals surface area contributed by atoms with E-state index in [-0.39, 0.29) is 23.3 Å². The molecule has 2 aliphatic rings. The van der Waals surface area contributed by atoms with Crippen LogP contribution in [0.3, 0.4) is 0 Å². The average Bonchev–Trinajstić information content (AvgIpc) is 3.17. The van der Waals surface area contributed by atoms with Gasteiger partial charge in [0.15, 0.2) is 0 Å². The highest BCUT2D eigenvalue weighted by Gasteiger charge is 2.37. The van der Waals surface area contributed by atoms with Gasteiger partial charge >= 0.3 is 0 Å². The van der Waals surface area contributed by atoms with Crippen LogP contribution in [0.25, 0.3) is 0 Å². The van der Waals surface area contributed by atoms with Gasteiger partial charge in [-0.2, -0.15) is 0 Å². The maximum Gasteiger partial charge on any atom is 0.245 e. The van der Waals surface area contributed by atoms with Crippen LogP contribution in [0.5, 0.6) is 0 Å². The van der Waals surface area contributed by atoms with Crippen molar-refractivity contribution >= 4 is 11.8 Å². The summed E-state index contributed by atoms with van der Waals surface area (Å²) in [6.07, 6.45) is 2.96. The van der Waals surface area contributed by atoms with E-state index in [1.54, 1.807) is 0 Å². The fourth-order valence-corrected chi connectivity index (χ4v) is 3.91. The van der Waals surface area contributed by atoms with Crippen molar-refractivity contribution in [2.75, 3.05) is 32.8 Å². The van der Waals surface area contributed by atoms with Crippen LogP contribution in [0.4, 0.5) is 0 Å². The standard InChI is InChI=1S/C21H30N2O3/c1-21(2,17-7-4-3-5-8-17)11-10-19(24)23-12-6-9-18(23)20(25)22-13-15-26-16-14-22/h3-5,7-8,18H,6,9-16H2,1-2H3/t18-/m1/s1. The summed E-state index contributed by atoms with van der Waals surface area (Å²) in [4.78, 5) is 29.3. The largest absolute Gasteiger partial charge is 0.378 e. The first-order valence-electron chi connectivity index (χ1n) is 9.70. The fourth-order valence-electron chi connectivity index (χ4n) is 3.91. The summed E-state index contributed by atoms with van der Waals surface area (Å²) in [6.45, 7) is 7.52. The van der Waals surface area contributed by atoms with E-state index < -0.39 is 0 Å². The molecule has 0 N–H and O–H groups in total. The van der Waals surface area contributed by atoms with E-state index in [1.807, 2.05) is 28.0 Å². The molecule has 0 saturated carbocycles. The number of ether oxygens (including phenoxy) is 1. The molecule has 2 fully saturated rings. The van der Waals surface area contributed by atoms with Gasteiger partial charge in [0.2, 0.25) is 11.8 Å². The van der Waals surface area contributed by atoms with Crippen LogP contribution >= 0.6 is 0 Å². The third-order valence-electron chi connectivity index (χ3n) is 5.70. The summed E-state index contributed by atoms with van der Waals surface area (Å²) in [6, 6.07) is 10.0. The molecule has 5 heteroatoms. The second kappa shape index (κ2) is 8.21. The normalized spacial score (nSPS) is 21.1. The highest BCUT2D eigenvalue weighted by molar-refractivity contribution is 5.88. The maximum atomic E-state index is 12.9. The Hall–Kier alpha value is -1.88. The van der Waals surface area contributed by atoms with Crippen LogP contribution < -0.4 is 0 Å². The van der Waals surface area contributed by atoms with Crippen molar-refractivity contribution in [3.8, 4) is 0 Å². The van der Waals surface area contributed by atoms with E-state index in [4.69, 9.17) is 4.74 Å². The Balaban J connectivity index is 1.59. The summed E-state index contributed by atoms with van der Waals surface area (Å²) in [5.41, 5.74) is 1.19. The van der Waals surface area contributed by atoms with Crippen LogP contribution in [-0.2, 0) is 19.7 Å². The Morgan fingerprint density at radius 2 is 1.81 bits per heavy atom. The fraction of sp³-hybridized carbons (Fsp3) is 0.619. The maximum absolute atomic E-state index is 12.9. The number of benzene rings is 1. The Labute approximate surface area is 156 Å². The predicted octanol–water partition coefficient (Wildman–Crippen LogP) is 2.59. The van der Waals surface area contributed by atoms with Gasteiger partial charge < -0.3 is 14.5 Å². The van der Waals surface area contributed by atoms with E-state index in [1.165, 1.54) is 5.56 Å². The number of amides is 2. The van der Waals surface area contributed by atoms with Gasteiger partial charge in [0.05, 0.1) is 13.2 Å². The number of morpholine rings is 1. The van der Waals surface area contributed by atoms with Crippen LogP contribution in [-0.4, -0.2) is 60.5 Å². The molecule has 0 bridgehead atoms. The minimum atomic E-state index is -0.277. The van der Waals surface area contributed by atoms with Gasteiger partial charge in [-0.1, -0.05) is 44.2 Å². The van der Waals surface area contributed by atoms with Gasteiger partial charge in [-0.15, -0.1) is 0 Å². The molecule has 2 saturated heterocycles. The number of carbonyl (C=O) groups is 2. The molecule has 0 spiro atoms. The van der Waals surface area contributed by atoms with Crippen LogP contribution in [0, 0.1) is 0 Å². The van der Waals surface area contributed by atoms with Gasteiger partial charge in [0.25, 0.3) is 0 Å². The molecule has 0 unspecified atom stereocenters. The summed E-state index contributed by atoms with van der Waals surface area (Å²) < 4.78 is 5.33. The Kier molecular flexibility index (Phi) is 5.97. The summed E-state index contributed by atoms with van der Waals surface area (Å²) in [5.74, 6) is 0.208.